The number of hydrazine groups is 1. The van der Waals surface area contributed by atoms with E-state index in [9.17, 15) is 0 Å². The van der Waals surface area contributed by atoms with E-state index in [1.165, 1.54) is 0 Å². The molecule has 0 aromatic heterocycles. The molecule has 4 heteroatoms. The Bertz CT molecular complexity index is 253. The number of nitrogens with one attached hydrogen (secondary N) is 3. The second-order valence-corrected chi connectivity index (χ2v) is 2.81. The number of nitrogens with zero attached hydrogens (tertiary/aromatic N) is 1. The summed E-state index contributed by atoms with van der Waals surface area (Å²) in [5.41, 5.74) is 7.71. The van der Waals surface area contributed by atoms with E-state index in [0.717, 1.165) is 17.9 Å². The zero-order valence-electron chi connectivity index (χ0n) is 9.51. The summed E-state index contributed by atoms with van der Waals surface area (Å²) in [6, 6.07) is 0. The van der Waals surface area contributed by atoms with Crippen LogP contribution in [0.15, 0.2) is 41.2 Å². The smallest absolute Gasteiger partial charge is 0.0779 e. The van der Waals surface area contributed by atoms with Crippen LogP contribution in [0, 0.1) is 0 Å². The maximum absolute atomic E-state index is 3.83. The van der Waals surface area contributed by atoms with E-state index in [1.807, 2.05) is 19.1 Å². The monoisotopic (exact) mass is 208 g/mol. The molecular weight excluding hydrogens is 188 g/mol. The average molecular weight is 208 g/mol. The Labute approximate surface area is 91.8 Å². The van der Waals surface area contributed by atoms with Crippen LogP contribution < -0.4 is 16.2 Å². The summed E-state index contributed by atoms with van der Waals surface area (Å²) in [7, 11) is 1.80. The Hall–Kier alpha value is -1.55. The van der Waals surface area contributed by atoms with Crippen molar-refractivity contribution in [1.82, 2.24) is 16.2 Å². The molecule has 0 aromatic rings. The van der Waals surface area contributed by atoms with Gasteiger partial charge < -0.3 is 10.7 Å². The van der Waals surface area contributed by atoms with Crippen molar-refractivity contribution in [2.75, 3.05) is 20.1 Å². The van der Waals surface area contributed by atoms with Gasteiger partial charge >= 0.3 is 0 Å². The lowest BCUT2D eigenvalue weighted by molar-refractivity contribution is 0.704. The first-order valence-corrected chi connectivity index (χ1v) is 4.90. The van der Waals surface area contributed by atoms with Crippen molar-refractivity contribution >= 4 is 6.72 Å². The van der Waals surface area contributed by atoms with Crippen LogP contribution in [0.2, 0.25) is 0 Å². The van der Waals surface area contributed by atoms with Gasteiger partial charge in [0.1, 0.15) is 0 Å². The molecule has 0 spiro atoms. The van der Waals surface area contributed by atoms with Gasteiger partial charge in [0.2, 0.25) is 0 Å². The molecule has 15 heavy (non-hydrogen) atoms. The second-order valence-electron chi connectivity index (χ2n) is 2.81. The molecule has 0 bridgehead atoms. The van der Waals surface area contributed by atoms with Crippen molar-refractivity contribution in [2.24, 2.45) is 4.99 Å². The van der Waals surface area contributed by atoms with Crippen molar-refractivity contribution in [3.8, 4) is 0 Å². The fourth-order valence-corrected chi connectivity index (χ4v) is 1.01. The summed E-state index contributed by atoms with van der Waals surface area (Å²) < 4.78 is 0. The molecule has 0 amide bonds. The predicted octanol–water partition coefficient (Wildman–Crippen LogP) is 0.974. The van der Waals surface area contributed by atoms with Crippen molar-refractivity contribution in [3.05, 3.63) is 36.2 Å². The van der Waals surface area contributed by atoms with E-state index in [1.54, 1.807) is 13.1 Å². The van der Waals surface area contributed by atoms with E-state index >= 15 is 0 Å². The predicted molar refractivity (Wildman–Crippen MR) is 66.7 cm³/mol. The molecule has 0 saturated heterocycles. The standard InChI is InChI=1S/C11H20N4/c1-5-10(15-13-4)7-8-11(9-12-3)14-6-2/h5,7-8,13-15H,1,3,6,9H2,2,4H3/b10-7+,11-8+. The van der Waals surface area contributed by atoms with Crippen LogP contribution >= 0.6 is 0 Å². The third kappa shape index (κ3) is 6.51. The van der Waals surface area contributed by atoms with Crippen LogP contribution in [0.3, 0.4) is 0 Å². The summed E-state index contributed by atoms with van der Waals surface area (Å²) in [5, 5.41) is 3.21. The summed E-state index contributed by atoms with van der Waals surface area (Å²) >= 11 is 0. The van der Waals surface area contributed by atoms with E-state index < -0.39 is 0 Å². The molecule has 0 fully saturated rings. The van der Waals surface area contributed by atoms with Gasteiger partial charge in [-0.05, 0) is 31.9 Å². The van der Waals surface area contributed by atoms with Gasteiger partial charge in [-0.25, -0.2) is 5.43 Å². The van der Waals surface area contributed by atoms with E-state index in [0.29, 0.717) is 6.54 Å². The van der Waals surface area contributed by atoms with Crippen molar-refractivity contribution < 1.29 is 0 Å². The second kappa shape index (κ2) is 9.02. The first-order chi connectivity index (χ1) is 7.28. The Balaban J connectivity index is 4.49. The van der Waals surface area contributed by atoms with E-state index in [2.05, 4.69) is 34.5 Å². The molecule has 0 radical (unpaired) electrons. The zero-order valence-corrected chi connectivity index (χ0v) is 9.51. The Kier molecular flexibility index (Phi) is 8.09. The minimum absolute atomic E-state index is 0.592. The number of hydrogen-bond acceptors (Lipinski definition) is 4. The average Bonchev–Trinajstić information content (AvgIpc) is 2.24. The molecule has 0 aromatic carbocycles. The SMILES string of the molecule is C=C/C(=C\C=C(/CN=C)NCC)NNC. The lowest BCUT2D eigenvalue weighted by atomic mass is 10.3. The number of rotatable bonds is 8. The Morgan fingerprint density at radius 3 is 2.60 bits per heavy atom. The Morgan fingerprint density at radius 1 is 1.40 bits per heavy atom. The molecule has 0 unspecified atom stereocenters. The molecule has 4 nitrogen and oxygen atoms in total. The van der Waals surface area contributed by atoms with E-state index in [4.69, 9.17) is 0 Å². The molecule has 0 aliphatic heterocycles. The molecule has 0 saturated carbocycles. The van der Waals surface area contributed by atoms with Gasteiger partial charge in [0.25, 0.3) is 0 Å². The maximum Gasteiger partial charge on any atom is 0.0779 e. The molecule has 0 aliphatic rings. The van der Waals surface area contributed by atoms with Gasteiger partial charge in [-0.2, -0.15) is 0 Å². The van der Waals surface area contributed by atoms with Gasteiger partial charge in [0, 0.05) is 25.0 Å². The summed E-state index contributed by atoms with van der Waals surface area (Å²) in [6.07, 6.45) is 5.62. The van der Waals surface area contributed by atoms with Crippen LogP contribution in [0.4, 0.5) is 0 Å². The number of hydrogen-bond donors (Lipinski definition) is 3. The van der Waals surface area contributed by atoms with Crippen LogP contribution in [0.5, 0.6) is 0 Å². The van der Waals surface area contributed by atoms with Crippen LogP contribution in [-0.2, 0) is 0 Å². The van der Waals surface area contributed by atoms with Crippen LogP contribution in [-0.4, -0.2) is 26.9 Å². The first-order valence-electron chi connectivity index (χ1n) is 4.90. The normalized spacial score (nSPS) is 12.1. The van der Waals surface area contributed by atoms with Gasteiger partial charge in [-0.3, -0.25) is 4.99 Å². The fourth-order valence-electron chi connectivity index (χ4n) is 1.01. The summed E-state index contributed by atoms with van der Waals surface area (Å²) in [4.78, 5) is 3.83. The number of likely N-dealkylation sites (N-methyl/N-ethyl adjacent to an activating group) is 1. The van der Waals surface area contributed by atoms with Crippen LogP contribution in [0.1, 0.15) is 6.92 Å². The van der Waals surface area contributed by atoms with Crippen LogP contribution in [0.25, 0.3) is 0 Å². The molecule has 0 rings (SSSR count). The van der Waals surface area contributed by atoms with Gasteiger partial charge in [-0.15, -0.1) is 0 Å². The van der Waals surface area contributed by atoms with Gasteiger partial charge in [0.05, 0.1) is 6.54 Å². The highest BCUT2D eigenvalue weighted by Crippen LogP contribution is 1.95. The molecule has 84 valence electrons. The first kappa shape index (κ1) is 13.4. The van der Waals surface area contributed by atoms with Gasteiger partial charge in [-0.1, -0.05) is 6.58 Å². The highest BCUT2D eigenvalue weighted by Gasteiger charge is 1.91. The van der Waals surface area contributed by atoms with Crippen molar-refractivity contribution in [1.29, 1.82) is 0 Å². The van der Waals surface area contributed by atoms with Crippen molar-refractivity contribution in [2.45, 2.75) is 6.92 Å². The molecule has 0 atom stereocenters. The fraction of sp³-hybridized carbons (Fsp3) is 0.364. The number of aliphatic imine (C=N–C) groups is 1. The third-order valence-electron chi connectivity index (χ3n) is 1.64. The molecular formula is C11H20N4. The molecule has 0 heterocycles. The topological polar surface area (TPSA) is 48.5 Å². The Morgan fingerprint density at radius 2 is 2.13 bits per heavy atom. The third-order valence-corrected chi connectivity index (χ3v) is 1.64. The highest BCUT2D eigenvalue weighted by molar-refractivity contribution is 5.27. The zero-order chi connectivity index (χ0) is 11.5. The highest BCUT2D eigenvalue weighted by atomic mass is 15.3. The van der Waals surface area contributed by atoms with Gasteiger partial charge in [0.15, 0.2) is 0 Å². The molecule has 3 N–H and O–H groups in total. The summed E-state index contributed by atoms with van der Waals surface area (Å²) in [5.74, 6) is 0. The number of allylic oxidation sites excluding steroid dienone is 3. The minimum atomic E-state index is 0.592. The lowest BCUT2D eigenvalue weighted by Crippen LogP contribution is -2.25. The lowest BCUT2D eigenvalue weighted by Gasteiger charge is -2.06. The largest absolute Gasteiger partial charge is 0.387 e. The summed E-state index contributed by atoms with van der Waals surface area (Å²) in [6.45, 7) is 10.7. The van der Waals surface area contributed by atoms with E-state index in [-0.39, 0.29) is 0 Å². The van der Waals surface area contributed by atoms with Crippen molar-refractivity contribution in [3.63, 3.8) is 0 Å². The molecule has 0 aliphatic carbocycles. The minimum Gasteiger partial charge on any atom is -0.387 e. The quantitative estimate of drug-likeness (QED) is 0.316. The maximum atomic E-state index is 3.83.